The summed E-state index contributed by atoms with van der Waals surface area (Å²) >= 11 is 0. The molecule has 0 bridgehead atoms. The number of aromatic carboxylic acids is 1. The molecule has 1 aromatic rings. The molecule has 0 unspecified atom stereocenters. The molecular formula is C14H20N4O5S. The highest BCUT2D eigenvalue weighted by atomic mass is 32.2. The minimum atomic E-state index is -3.47. The van der Waals surface area contributed by atoms with E-state index in [2.05, 4.69) is 4.98 Å². The van der Waals surface area contributed by atoms with E-state index >= 15 is 0 Å². The van der Waals surface area contributed by atoms with Gasteiger partial charge in [0.15, 0.2) is 5.69 Å². The number of morpholine rings is 1. The zero-order valence-electron chi connectivity index (χ0n) is 13.2. The number of hydrogen-bond acceptors (Lipinski definition) is 6. The minimum absolute atomic E-state index is 0.0177. The second-order valence-electron chi connectivity index (χ2n) is 5.59. The molecule has 0 spiro atoms. The molecule has 3 rings (SSSR count). The van der Waals surface area contributed by atoms with Crippen molar-refractivity contribution in [1.82, 2.24) is 13.6 Å². The first-order valence-electron chi connectivity index (χ1n) is 7.77. The lowest BCUT2D eigenvalue weighted by molar-refractivity contribution is 0.0690. The van der Waals surface area contributed by atoms with Gasteiger partial charge in [-0.25, -0.2) is 9.78 Å². The van der Waals surface area contributed by atoms with Crippen molar-refractivity contribution >= 4 is 22.0 Å². The van der Waals surface area contributed by atoms with Gasteiger partial charge in [-0.05, 0) is 12.1 Å². The van der Waals surface area contributed by atoms with Crippen LogP contribution < -0.4 is 4.90 Å². The first-order chi connectivity index (χ1) is 11.5. The van der Waals surface area contributed by atoms with Crippen molar-refractivity contribution in [2.24, 2.45) is 0 Å². The van der Waals surface area contributed by atoms with Crippen LogP contribution in [-0.2, 0) is 14.9 Å². The van der Waals surface area contributed by atoms with Crippen LogP contribution in [0, 0.1) is 0 Å². The summed E-state index contributed by atoms with van der Waals surface area (Å²) in [5.74, 6) is -0.524. The fraction of sp³-hybridized carbons (Fsp3) is 0.571. The van der Waals surface area contributed by atoms with Crippen molar-refractivity contribution in [2.75, 3.05) is 57.4 Å². The van der Waals surface area contributed by atoms with Gasteiger partial charge in [-0.2, -0.15) is 17.0 Å². The Bertz CT molecular complexity index is 697. The minimum Gasteiger partial charge on any atom is -0.477 e. The zero-order chi connectivity index (χ0) is 17.2. The maximum absolute atomic E-state index is 12.6. The summed E-state index contributed by atoms with van der Waals surface area (Å²) in [5.41, 5.74) is -0.0177. The Kier molecular flexibility index (Phi) is 4.99. The summed E-state index contributed by atoms with van der Waals surface area (Å²) in [7, 11) is -3.47. The number of rotatable bonds is 4. The molecule has 1 aromatic heterocycles. The molecule has 9 nitrogen and oxygen atoms in total. The van der Waals surface area contributed by atoms with E-state index in [4.69, 9.17) is 9.84 Å². The van der Waals surface area contributed by atoms with Gasteiger partial charge in [0.25, 0.3) is 10.2 Å². The topological polar surface area (TPSA) is 103 Å². The van der Waals surface area contributed by atoms with Gasteiger partial charge in [0.05, 0.1) is 13.2 Å². The van der Waals surface area contributed by atoms with E-state index in [1.807, 2.05) is 4.90 Å². The number of ether oxygens (including phenoxy) is 1. The average molecular weight is 356 g/mol. The summed E-state index contributed by atoms with van der Waals surface area (Å²) in [5, 5.41) is 9.02. The monoisotopic (exact) mass is 356 g/mol. The second-order valence-corrected chi connectivity index (χ2v) is 7.52. The molecule has 24 heavy (non-hydrogen) atoms. The van der Waals surface area contributed by atoms with Crippen LogP contribution in [0.15, 0.2) is 18.2 Å². The number of anilines is 1. The van der Waals surface area contributed by atoms with Crippen molar-refractivity contribution in [2.45, 2.75) is 0 Å². The Hall–Kier alpha value is -1.75. The highest BCUT2D eigenvalue weighted by molar-refractivity contribution is 7.86. The highest BCUT2D eigenvalue weighted by Gasteiger charge is 2.33. The summed E-state index contributed by atoms with van der Waals surface area (Å²) in [6.07, 6.45) is 0. The van der Waals surface area contributed by atoms with E-state index in [-0.39, 0.29) is 5.69 Å². The number of carbonyl (C=O) groups is 1. The maximum Gasteiger partial charge on any atom is 0.354 e. The van der Waals surface area contributed by atoms with E-state index < -0.39 is 16.2 Å². The molecule has 0 atom stereocenters. The van der Waals surface area contributed by atoms with Crippen LogP contribution in [0.25, 0.3) is 0 Å². The molecule has 2 saturated heterocycles. The molecule has 0 aliphatic carbocycles. The van der Waals surface area contributed by atoms with Crippen molar-refractivity contribution < 1.29 is 23.1 Å². The second kappa shape index (κ2) is 7.01. The average Bonchev–Trinajstić information content (AvgIpc) is 2.62. The Balaban J connectivity index is 1.65. The molecule has 0 aromatic carbocycles. The predicted molar refractivity (Wildman–Crippen MR) is 86.3 cm³/mol. The summed E-state index contributed by atoms with van der Waals surface area (Å²) < 4.78 is 33.3. The van der Waals surface area contributed by atoms with E-state index in [1.54, 1.807) is 12.1 Å². The molecule has 2 aliphatic heterocycles. The summed E-state index contributed by atoms with van der Waals surface area (Å²) in [6, 6.07) is 4.81. The fourth-order valence-corrected chi connectivity index (χ4v) is 4.37. The van der Waals surface area contributed by atoms with Gasteiger partial charge < -0.3 is 14.7 Å². The molecule has 1 N–H and O–H groups in total. The van der Waals surface area contributed by atoms with E-state index in [9.17, 15) is 13.2 Å². The van der Waals surface area contributed by atoms with Crippen LogP contribution in [0.4, 0.5) is 5.82 Å². The van der Waals surface area contributed by atoms with Crippen LogP contribution in [0.2, 0.25) is 0 Å². The molecule has 2 fully saturated rings. The number of carboxylic acid groups (broad SMARTS) is 1. The normalized spacial score (nSPS) is 20.9. The summed E-state index contributed by atoms with van der Waals surface area (Å²) in [4.78, 5) is 17.0. The lowest BCUT2D eigenvalue weighted by atomic mass is 10.3. The third kappa shape index (κ3) is 3.51. The Morgan fingerprint density at radius 3 is 2.29 bits per heavy atom. The molecule has 2 aliphatic rings. The number of carboxylic acids is 1. The van der Waals surface area contributed by atoms with Gasteiger partial charge in [-0.1, -0.05) is 6.07 Å². The standard InChI is InChI=1S/C14H20N4O5S/c19-14(20)12-2-1-3-13(15-12)16-4-6-17(7-5-16)24(21,22)18-8-10-23-11-9-18/h1-3H,4-11H2,(H,19,20). The number of aromatic nitrogens is 1. The van der Waals surface area contributed by atoms with Crippen LogP contribution >= 0.6 is 0 Å². The maximum atomic E-state index is 12.6. The predicted octanol–water partition coefficient (Wildman–Crippen LogP) is -0.521. The lowest BCUT2D eigenvalue weighted by Crippen LogP contribution is -2.55. The third-order valence-corrected chi connectivity index (χ3v) is 6.17. The quantitative estimate of drug-likeness (QED) is 0.774. The zero-order valence-corrected chi connectivity index (χ0v) is 14.0. The largest absolute Gasteiger partial charge is 0.477 e. The number of nitrogens with zero attached hydrogens (tertiary/aromatic N) is 4. The van der Waals surface area contributed by atoms with Crippen molar-refractivity contribution in [1.29, 1.82) is 0 Å². The molecule has 0 saturated carbocycles. The van der Waals surface area contributed by atoms with Gasteiger partial charge >= 0.3 is 5.97 Å². The lowest BCUT2D eigenvalue weighted by Gasteiger charge is -2.38. The number of pyridine rings is 1. The fourth-order valence-electron chi connectivity index (χ4n) is 2.81. The van der Waals surface area contributed by atoms with Gasteiger partial charge in [0.1, 0.15) is 5.82 Å². The van der Waals surface area contributed by atoms with Crippen LogP contribution in [0.3, 0.4) is 0 Å². The highest BCUT2D eigenvalue weighted by Crippen LogP contribution is 2.18. The number of hydrogen-bond donors (Lipinski definition) is 1. The van der Waals surface area contributed by atoms with Gasteiger partial charge in [0, 0.05) is 39.3 Å². The Morgan fingerprint density at radius 1 is 1.04 bits per heavy atom. The molecule has 10 heteroatoms. The van der Waals surface area contributed by atoms with Gasteiger partial charge in [-0.3, -0.25) is 0 Å². The first-order valence-corrected chi connectivity index (χ1v) is 9.16. The smallest absolute Gasteiger partial charge is 0.354 e. The molecule has 3 heterocycles. The molecule has 0 radical (unpaired) electrons. The Morgan fingerprint density at radius 2 is 1.67 bits per heavy atom. The molecule has 0 amide bonds. The van der Waals surface area contributed by atoms with Crippen molar-refractivity contribution in [3.63, 3.8) is 0 Å². The van der Waals surface area contributed by atoms with Crippen LogP contribution in [0.5, 0.6) is 0 Å². The third-order valence-electron chi connectivity index (χ3n) is 4.14. The molecular weight excluding hydrogens is 336 g/mol. The molecule has 132 valence electrons. The van der Waals surface area contributed by atoms with Crippen LogP contribution in [0.1, 0.15) is 10.5 Å². The van der Waals surface area contributed by atoms with Crippen LogP contribution in [-0.4, -0.2) is 85.6 Å². The Labute approximate surface area is 140 Å². The number of piperazine rings is 1. The van der Waals surface area contributed by atoms with Gasteiger partial charge in [0.2, 0.25) is 0 Å². The van der Waals surface area contributed by atoms with Gasteiger partial charge in [-0.15, -0.1) is 0 Å². The first kappa shape index (κ1) is 17.1. The van der Waals surface area contributed by atoms with E-state index in [1.165, 1.54) is 14.7 Å². The van der Waals surface area contributed by atoms with Crippen molar-refractivity contribution in [3.8, 4) is 0 Å². The summed E-state index contributed by atoms with van der Waals surface area (Å²) in [6.45, 7) is 3.24. The van der Waals surface area contributed by atoms with E-state index in [0.717, 1.165) is 0 Å². The van der Waals surface area contributed by atoms with Crippen molar-refractivity contribution in [3.05, 3.63) is 23.9 Å². The SMILES string of the molecule is O=C(O)c1cccc(N2CCN(S(=O)(=O)N3CCOCC3)CC2)n1. The van der Waals surface area contributed by atoms with E-state index in [0.29, 0.717) is 58.3 Å².